The number of piperazine rings is 1. The summed E-state index contributed by atoms with van der Waals surface area (Å²) in [6.45, 7) is 2.36. The molecular formula is C19H18Cl2N2O3. The third kappa shape index (κ3) is 4.48. The number of carbonyl (C=O) groups is 2. The molecule has 0 aliphatic carbocycles. The van der Waals surface area contributed by atoms with Crippen LogP contribution in [0, 0.1) is 0 Å². The van der Waals surface area contributed by atoms with E-state index < -0.39 is 5.97 Å². The average molecular weight is 393 g/mol. The lowest BCUT2D eigenvalue weighted by Gasteiger charge is -2.36. The zero-order chi connectivity index (χ0) is 18.5. The van der Waals surface area contributed by atoms with E-state index in [0.717, 1.165) is 18.8 Å². The number of hydrogen-bond acceptors (Lipinski definition) is 4. The van der Waals surface area contributed by atoms with Gasteiger partial charge in [0.25, 0.3) is 5.91 Å². The number of ether oxygens (including phenoxy) is 1. The van der Waals surface area contributed by atoms with Gasteiger partial charge < -0.3 is 14.5 Å². The van der Waals surface area contributed by atoms with Crippen molar-refractivity contribution in [3.63, 3.8) is 0 Å². The van der Waals surface area contributed by atoms with E-state index in [9.17, 15) is 9.59 Å². The van der Waals surface area contributed by atoms with E-state index in [1.807, 2.05) is 18.2 Å². The molecule has 26 heavy (non-hydrogen) atoms. The fraction of sp³-hybridized carbons (Fsp3) is 0.263. The molecule has 5 nitrogen and oxygen atoms in total. The van der Waals surface area contributed by atoms with E-state index in [1.54, 1.807) is 11.0 Å². The van der Waals surface area contributed by atoms with Crippen molar-refractivity contribution in [1.82, 2.24) is 4.90 Å². The second-order valence-corrected chi connectivity index (χ2v) is 6.75. The van der Waals surface area contributed by atoms with Crippen LogP contribution >= 0.6 is 23.2 Å². The lowest BCUT2D eigenvalue weighted by Crippen LogP contribution is -2.49. The highest BCUT2D eigenvalue weighted by Crippen LogP contribution is 2.21. The number of esters is 1. The smallest absolute Gasteiger partial charge is 0.340 e. The average Bonchev–Trinajstić information content (AvgIpc) is 2.66. The fourth-order valence-electron chi connectivity index (χ4n) is 2.80. The molecule has 1 aliphatic heterocycles. The number of para-hydroxylation sites is 1. The molecule has 2 aromatic carbocycles. The molecule has 136 valence electrons. The van der Waals surface area contributed by atoms with E-state index in [2.05, 4.69) is 17.0 Å². The van der Waals surface area contributed by atoms with E-state index >= 15 is 0 Å². The summed E-state index contributed by atoms with van der Waals surface area (Å²) in [6.07, 6.45) is 0. The van der Waals surface area contributed by atoms with Crippen LogP contribution in [-0.2, 0) is 9.53 Å². The topological polar surface area (TPSA) is 49.9 Å². The molecule has 0 radical (unpaired) electrons. The zero-order valence-electron chi connectivity index (χ0n) is 14.0. The summed E-state index contributed by atoms with van der Waals surface area (Å²) in [5.74, 6) is -0.848. The molecule has 1 fully saturated rings. The highest BCUT2D eigenvalue weighted by molar-refractivity contribution is 6.36. The Balaban J connectivity index is 1.49. The van der Waals surface area contributed by atoms with Gasteiger partial charge in [-0.2, -0.15) is 0 Å². The number of anilines is 1. The Hall–Kier alpha value is -2.24. The molecule has 1 saturated heterocycles. The Morgan fingerprint density at radius 2 is 1.65 bits per heavy atom. The van der Waals surface area contributed by atoms with Gasteiger partial charge in [-0.3, -0.25) is 4.79 Å². The summed E-state index contributed by atoms with van der Waals surface area (Å²) < 4.78 is 5.10. The van der Waals surface area contributed by atoms with Crippen LogP contribution in [0.1, 0.15) is 10.4 Å². The Morgan fingerprint density at radius 1 is 0.962 bits per heavy atom. The lowest BCUT2D eigenvalue weighted by molar-refractivity contribution is -0.134. The summed E-state index contributed by atoms with van der Waals surface area (Å²) in [7, 11) is 0. The molecule has 1 aliphatic rings. The largest absolute Gasteiger partial charge is 0.452 e. The van der Waals surface area contributed by atoms with Crippen LogP contribution in [0.2, 0.25) is 10.0 Å². The first-order valence-corrected chi connectivity index (χ1v) is 9.00. The summed E-state index contributed by atoms with van der Waals surface area (Å²) in [5.41, 5.74) is 1.33. The summed E-state index contributed by atoms with van der Waals surface area (Å²) in [5, 5.41) is 0.630. The number of halogens is 2. The monoisotopic (exact) mass is 392 g/mol. The van der Waals surface area contributed by atoms with E-state index in [-0.39, 0.29) is 23.1 Å². The molecule has 0 N–H and O–H groups in total. The van der Waals surface area contributed by atoms with E-state index in [1.165, 1.54) is 12.1 Å². The van der Waals surface area contributed by atoms with Gasteiger partial charge in [-0.05, 0) is 30.3 Å². The second-order valence-electron chi connectivity index (χ2n) is 5.90. The number of nitrogens with zero attached hydrogens (tertiary/aromatic N) is 2. The quantitative estimate of drug-likeness (QED) is 0.747. The summed E-state index contributed by atoms with van der Waals surface area (Å²) in [4.78, 5) is 28.3. The maximum Gasteiger partial charge on any atom is 0.340 e. The van der Waals surface area contributed by atoms with Crippen LogP contribution in [0.25, 0.3) is 0 Å². The molecule has 0 aromatic heterocycles. The molecule has 0 spiro atoms. The van der Waals surface area contributed by atoms with Gasteiger partial charge >= 0.3 is 5.97 Å². The van der Waals surface area contributed by atoms with Crippen molar-refractivity contribution >= 4 is 40.8 Å². The molecular weight excluding hydrogens is 375 g/mol. The molecule has 0 atom stereocenters. The van der Waals surface area contributed by atoms with Gasteiger partial charge in [0.05, 0.1) is 10.6 Å². The van der Waals surface area contributed by atoms with Gasteiger partial charge in [-0.25, -0.2) is 4.79 Å². The standard InChI is InChI=1S/C19H18Cl2N2O3/c20-14-6-7-16(17(21)12-14)19(25)26-13-18(24)23-10-8-22(9-11-23)15-4-2-1-3-5-15/h1-7,12H,8-11,13H2. The Morgan fingerprint density at radius 3 is 2.31 bits per heavy atom. The highest BCUT2D eigenvalue weighted by atomic mass is 35.5. The van der Waals surface area contributed by atoms with Crippen molar-refractivity contribution in [3.8, 4) is 0 Å². The van der Waals surface area contributed by atoms with Crippen LogP contribution in [-0.4, -0.2) is 49.6 Å². The number of carbonyl (C=O) groups excluding carboxylic acids is 2. The normalized spacial score (nSPS) is 14.2. The van der Waals surface area contributed by atoms with E-state index in [4.69, 9.17) is 27.9 Å². The molecule has 1 heterocycles. The molecule has 1 amide bonds. The minimum atomic E-state index is -0.636. The van der Waals surface area contributed by atoms with Crippen LogP contribution in [0.5, 0.6) is 0 Å². The minimum Gasteiger partial charge on any atom is -0.452 e. The molecule has 0 bridgehead atoms. The van der Waals surface area contributed by atoms with Crippen LogP contribution < -0.4 is 4.90 Å². The highest BCUT2D eigenvalue weighted by Gasteiger charge is 2.22. The van der Waals surface area contributed by atoms with Crippen molar-refractivity contribution in [2.24, 2.45) is 0 Å². The minimum absolute atomic E-state index is 0.192. The number of hydrogen-bond donors (Lipinski definition) is 0. The fourth-order valence-corrected chi connectivity index (χ4v) is 3.29. The van der Waals surface area contributed by atoms with Crippen molar-refractivity contribution in [2.75, 3.05) is 37.7 Å². The van der Waals surface area contributed by atoms with E-state index in [0.29, 0.717) is 18.1 Å². The number of amides is 1. The Labute approximate surface area is 162 Å². The predicted molar refractivity (Wildman–Crippen MR) is 102 cm³/mol. The van der Waals surface area contributed by atoms with Crippen LogP contribution in [0.15, 0.2) is 48.5 Å². The van der Waals surface area contributed by atoms with Gasteiger partial charge in [-0.1, -0.05) is 41.4 Å². The number of rotatable bonds is 4. The van der Waals surface area contributed by atoms with Crippen molar-refractivity contribution in [1.29, 1.82) is 0 Å². The Kier molecular flexibility index (Phi) is 6.01. The van der Waals surface area contributed by atoms with Gasteiger partial charge in [0.1, 0.15) is 0 Å². The first kappa shape index (κ1) is 18.5. The maximum absolute atomic E-state index is 12.3. The first-order valence-electron chi connectivity index (χ1n) is 8.24. The zero-order valence-corrected chi connectivity index (χ0v) is 15.5. The molecule has 3 rings (SSSR count). The molecule has 0 saturated carbocycles. The van der Waals surface area contributed by atoms with Crippen molar-refractivity contribution in [3.05, 3.63) is 64.1 Å². The SMILES string of the molecule is O=C(OCC(=O)N1CCN(c2ccccc2)CC1)c1ccc(Cl)cc1Cl. The number of benzene rings is 2. The third-order valence-electron chi connectivity index (χ3n) is 4.23. The first-order chi connectivity index (χ1) is 12.5. The van der Waals surface area contributed by atoms with Crippen molar-refractivity contribution in [2.45, 2.75) is 0 Å². The molecule has 0 unspecified atom stereocenters. The third-order valence-corrected chi connectivity index (χ3v) is 4.78. The molecule has 7 heteroatoms. The van der Waals surface area contributed by atoms with Gasteiger partial charge in [0.2, 0.25) is 0 Å². The van der Waals surface area contributed by atoms with Crippen molar-refractivity contribution < 1.29 is 14.3 Å². The molecule has 2 aromatic rings. The van der Waals surface area contributed by atoms with Crippen LogP contribution in [0.3, 0.4) is 0 Å². The van der Waals surface area contributed by atoms with Gasteiger partial charge in [0.15, 0.2) is 6.61 Å². The predicted octanol–water partition coefficient (Wildman–Crippen LogP) is 3.50. The Bertz CT molecular complexity index is 791. The summed E-state index contributed by atoms with van der Waals surface area (Å²) in [6, 6.07) is 14.6. The summed E-state index contributed by atoms with van der Waals surface area (Å²) >= 11 is 11.8. The van der Waals surface area contributed by atoms with Gasteiger partial charge in [-0.15, -0.1) is 0 Å². The lowest BCUT2D eigenvalue weighted by atomic mass is 10.2. The maximum atomic E-state index is 12.3. The van der Waals surface area contributed by atoms with Gasteiger partial charge in [0, 0.05) is 36.9 Å². The van der Waals surface area contributed by atoms with Crippen LogP contribution in [0.4, 0.5) is 5.69 Å². The second kappa shape index (κ2) is 8.43.